The number of hydrogen-bond donors (Lipinski definition) is 9. The van der Waals surface area contributed by atoms with Gasteiger partial charge >= 0.3 is 0 Å². The van der Waals surface area contributed by atoms with Crippen LogP contribution in [0, 0.1) is 0 Å². The number of rotatable bonds is 5. The Morgan fingerprint density at radius 2 is 1.60 bits per heavy atom. The second-order valence-corrected chi connectivity index (χ2v) is 9.66. The normalized spacial score (nSPS) is 32.8. The Balaban J connectivity index is 1.54. The van der Waals surface area contributed by atoms with Crippen LogP contribution in [0.5, 0.6) is 17.2 Å². The summed E-state index contributed by atoms with van der Waals surface area (Å²) in [6.45, 7) is -1.24. The third-order valence-corrected chi connectivity index (χ3v) is 7.06. The van der Waals surface area contributed by atoms with Crippen molar-refractivity contribution in [2.24, 2.45) is 0 Å². The lowest BCUT2D eigenvalue weighted by Gasteiger charge is -2.44. The Morgan fingerprint density at radius 1 is 0.900 bits per heavy atom. The molecule has 0 aliphatic carbocycles. The van der Waals surface area contributed by atoms with Crippen LogP contribution in [0.4, 0.5) is 0 Å². The number of aliphatic hydroxyl groups excluding tert-OH is 6. The smallest absolute Gasteiger partial charge is 0.197 e. The quantitative estimate of drug-likeness (QED) is 0.172. The van der Waals surface area contributed by atoms with Crippen molar-refractivity contribution in [1.82, 2.24) is 0 Å². The van der Waals surface area contributed by atoms with E-state index in [0.717, 1.165) is 12.1 Å². The Hall–Kier alpha value is -3.31. The number of ether oxygens (including phenoxy) is 3. The average Bonchev–Trinajstić information content (AvgIpc) is 2.92. The molecule has 216 valence electrons. The van der Waals surface area contributed by atoms with Crippen LogP contribution in [0.1, 0.15) is 11.7 Å². The highest BCUT2D eigenvalue weighted by Gasteiger charge is 2.49. The van der Waals surface area contributed by atoms with Crippen LogP contribution in [0.15, 0.2) is 45.6 Å². The molecule has 0 bridgehead atoms. The van der Waals surface area contributed by atoms with Crippen LogP contribution in [0.25, 0.3) is 22.3 Å². The molecule has 2 aliphatic heterocycles. The maximum atomic E-state index is 13.1. The molecule has 0 saturated carbocycles. The van der Waals surface area contributed by atoms with Gasteiger partial charge in [0.2, 0.25) is 0 Å². The molecule has 3 aromatic rings. The van der Waals surface area contributed by atoms with E-state index in [-0.39, 0.29) is 22.5 Å². The van der Waals surface area contributed by atoms with Gasteiger partial charge in [-0.05, 0) is 24.3 Å². The molecule has 2 aromatic carbocycles. The number of fused-ring (bicyclic) bond motifs is 1. The van der Waals surface area contributed by atoms with Crippen molar-refractivity contribution in [3.8, 4) is 28.6 Å². The van der Waals surface area contributed by atoms with Crippen molar-refractivity contribution in [1.29, 1.82) is 0 Å². The highest BCUT2D eigenvalue weighted by Crippen LogP contribution is 2.45. The molecule has 9 atom stereocenters. The van der Waals surface area contributed by atoms with Gasteiger partial charge < -0.3 is 64.6 Å². The van der Waals surface area contributed by atoms with Gasteiger partial charge in [-0.1, -0.05) is 0 Å². The molecule has 5 rings (SSSR count). The predicted molar refractivity (Wildman–Crippen MR) is 132 cm³/mol. The zero-order chi connectivity index (χ0) is 28.9. The molecule has 2 fully saturated rings. The molecule has 1 aromatic heterocycles. The van der Waals surface area contributed by atoms with Crippen molar-refractivity contribution < 1.29 is 64.6 Å². The van der Waals surface area contributed by atoms with E-state index in [1.807, 2.05) is 0 Å². The fourth-order valence-corrected chi connectivity index (χ4v) is 4.88. The summed E-state index contributed by atoms with van der Waals surface area (Å²) in [6.07, 6.45) is -14.9. The number of phenolic OH excluding ortho intramolecular Hbond substituents is 3. The zero-order valence-electron chi connectivity index (χ0n) is 20.6. The van der Waals surface area contributed by atoms with Gasteiger partial charge in [0.25, 0.3) is 0 Å². The van der Waals surface area contributed by atoms with Crippen LogP contribution in [0.3, 0.4) is 0 Å². The Labute approximate surface area is 225 Å². The van der Waals surface area contributed by atoms with E-state index in [1.54, 1.807) is 0 Å². The number of benzene rings is 2. The monoisotopic (exact) mass is 564 g/mol. The largest absolute Gasteiger partial charge is 0.508 e. The third-order valence-electron chi connectivity index (χ3n) is 7.06. The summed E-state index contributed by atoms with van der Waals surface area (Å²) in [5.41, 5.74) is -0.874. The molecule has 14 nitrogen and oxygen atoms in total. The Bertz CT molecular complexity index is 1420. The third kappa shape index (κ3) is 4.89. The lowest BCUT2D eigenvalue weighted by Crippen LogP contribution is -2.61. The maximum absolute atomic E-state index is 13.1. The van der Waals surface area contributed by atoms with E-state index in [9.17, 15) is 50.8 Å². The molecular formula is C26H28O14. The minimum absolute atomic E-state index is 0.00732. The lowest BCUT2D eigenvalue weighted by atomic mass is 9.91. The van der Waals surface area contributed by atoms with Crippen LogP contribution in [0.2, 0.25) is 0 Å². The first kappa shape index (κ1) is 28.2. The van der Waals surface area contributed by atoms with Gasteiger partial charge in [-0.3, -0.25) is 4.79 Å². The summed E-state index contributed by atoms with van der Waals surface area (Å²) >= 11 is 0. The predicted octanol–water partition coefficient (Wildman–Crippen LogP) is -1.45. The minimum Gasteiger partial charge on any atom is -0.508 e. The zero-order valence-corrected chi connectivity index (χ0v) is 20.6. The number of phenols is 3. The summed E-state index contributed by atoms with van der Waals surface area (Å²) in [6, 6.07) is 7.90. The van der Waals surface area contributed by atoms with E-state index >= 15 is 0 Å². The highest BCUT2D eigenvalue weighted by atomic mass is 16.7. The second-order valence-electron chi connectivity index (χ2n) is 9.66. The summed E-state index contributed by atoms with van der Waals surface area (Å²) in [5.74, 6) is -1.32. The lowest BCUT2D eigenvalue weighted by molar-refractivity contribution is -0.336. The Morgan fingerprint density at radius 3 is 2.27 bits per heavy atom. The molecule has 0 spiro atoms. The van der Waals surface area contributed by atoms with Crippen molar-refractivity contribution in [3.05, 3.63) is 52.2 Å². The molecule has 0 amide bonds. The summed E-state index contributed by atoms with van der Waals surface area (Å²) < 4.78 is 22.3. The molecule has 2 aliphatic rings. The average molecular weight is 564 g/mol. The van der Waals surface area contributed by atoms with E-state index in [4.69, 9.17) is 18.6 Å². The van der Waals surface area contributed by atoms with Crippen molar-refractivity contribution >= 4 is 11.0 Å². The van der Waals surface area contributed by atoms with Gasteiger partial charge in [0.1, 0.15) is 82.8 Å². The first-order valence-corrected chi connectivity index (χ1v) is 12.3. The molecule has 14 heteroatoms. The summed E-state index contributed by atoms with van der Waals surface area (Å²) in [4.78, 5) is 13.1. The van der Waals surface area contributed by atoms with Crippen molar-refractivity contribution in [2.75, 3.05) is 13.2 Å². The molecule has 3 heterocycles. The van der Waals surface area contributed by atoms with Crippen LogP contribution in [-0.2, 0) is 14.2 Å². The van der Waals surface area contributed by atoms with Crippen LogP contribution >= 0.6 is 0 Å². The van der Waals surface area contributed by atoms with Crippen molar-refractivity contribution in [2.45, 2.75) is 55.1 Å². The highest BCUT2D eigenvalue weighted by molar-refractivity contribution is 5.88. The molecule has 0 unspecified atom stereocenters. The van der Waals surface area contributed by atoms with Gasteiger partial charge in [0.15, 0.2) is 11.7 Å². The number of aliphatic hydroxyl groups is 6. The van der Waals surface area contributed by atoms with E-state index in [1.165, 1.54) is 24.3 Å². The number of aromatic hydroxyl groups is 3. The molecule has 40 heavy (non-hydrogen) atoms. The van der Waals surface area contributed by atoms with Gasteiger partial charge in [0.05, 0.1) is 18.8 Å². The fraction of sp³-hybridized carbons (Fsp3) is 0.423. The first-order chi connectivity index (χ1) is 19.0. The van der Waals surface area contributed by atoms with Gasteiger partial charge in [-0.15, -0.1) is 0 Å². The fourth-order valence-electron chi connectivity index (χ4n) is 4.88. The van der Waals surface area contributed by atoms with Gasteiger partial charge in [0, 0.05) is 17.7 Å². The van der Waals surface area contributed by atoms with Crippen LogP contribution < -0.4 is 5.43 Å². The summed E-state index contributed by atoms with van der Waals surface area (Å²) in [5, 5.41) is 92.1. The molecule has 9 N–H and O–H groups in total. The minimum atomic E-state index is -1.87. The molecular weight excluding hydrogens is 536 g/mol. The molecule has 0 radical (unpaired) electrons. The maximum Gasteiger partial charge on any atom is 0.197 e. The van der Waals surface area contributed by atoms with Crippen LogP contribution in [-0.4, -0.2) is 108 Å². The summed E-state index contributed by atoms with van der Waals surface area (Å²) in [7, 11) is 0. The number of hydrogen-bond acceptors (Lipinski definition) is 14. The van der Waals surface area contributed by atoms with Crippen molar-refractivity contribution in [3.63, 3.8) is 0 Å². The SMILES string of the molecule is O=c1cc(-c2ccc(O)cc2)oc2cc(O)c([C@H]3OC[C@H](O)[C@H](O)[C@H]3O[C@@H]3O[C@H](CO)[C@@H](O)[C@H](O)[C@H]3O)c(O)c12. The molecule has 2 saturated heterocycles. The van der Waals surface area contributed by atoms with E-state index in [0.29, 0.717) is 5.56 Å². The van der Waals surface area contributed by atoms with E-state index < -0.39 is 90.8 Å². The second kappa shape index (κ2) is 10.9. The Kier molecular flexibility index (Phi) is 7.71. The van der Waals surface area contributed by atoms with Gasteiger partial charge in [-0.25, -0.2) is 0 Å². The first-order valence-electron chi connectivity index (χ1n) is 12.3. The standard InChI is InChI=1S/C26H28O14/c27-7-16-20(33)22(35)23(36)26(39-16)40-25-19(32)13(31)8-37-24(25)18-12(30)6-15-17(21(18)34)11(29)5-14(38-15)9-1-3-10(28)4-2-9/h1-6,13,16,19-20,22-28,30-36H,7-8H2/t13-,16+,19-,20+,22-,23+,24+,25+,26-/m0/s1. The van der Waals surface area contributed by atoms with E-state index in [2.05, 4.69) is 0 Å². The topological polar surface area (TPSA) is 240 Å². The van der Waals surface area contributed by atoms with Gasteiger partial charge in [-0.2, -0.15) is 0 Å².